The predicted molar refractivity (Wildman–Crippen MR) is 56.9 cm³/mol. The van der Waals surface area contributed by atoms with Gasteiger partial charge in [0.2, 0.25) is 0 Å². The van der Waals surface area contributed by atoms with Crippen molar-refractivity contribution in [1.29, 1.82) is 0 Å². The molecule has 96 valence electrons. The zero-order chi connectivity index (χ0) is 12.8. The summed E-state index contributed by atoms with van der Waals surface area (Å²) in [4.78, 5) is 7.78. The van der Waals surface area contributed by atoms with E-state index in [9.17, 15) is 15.3 Å². The summed E-state index contributed by atoms with van der Waals surface area (Å²) in [6.07, 6.45) is -0.766. The molecule has 0 saturated carbocycles. The Labute approximate surface area is 98.0 Å². The molecule has 0 bridgehead atoms. The number of aliphatic hydroxyl groups excluding tert-OH is 5. The second kappa shape index (κ2) is 6.58. The normalized spacial score (nSPS) is 16.5. The van der Waals surface area contributed by atoms with Crippen LogP contribution in [0.5, 0.6) is 0 Å². The van der Waals surface area contributed by atoms with Gasteiger partial charge in [0.15, 0.2) is 0 Å². The van der Waals surface area contributed by atoms with Crippen LogP contribution in [0.1, 0.15) is 17.5 Å². The SMILES string of the molecule is OC[C@@H](O)Cc1cnc([C@@H](O)[C@H](O)CO)cn1. The van der Waals surface area contributed by atoms with Gasteiger partial charge in [-0.1, -0.05) is 0 Å². The van der Waals surface area contributed by atoms with E-state index in [1.807, 2.05) is 0 Å². The van der Waals surface area contributed by atoms with Crippen LogP contribution in [0.25, 0.3) is 0 Å². The Kier molecular flexibility index (Phi) is 5.39. The molecule has 1 aromatic heterocycles. The summed E-state index contributed by atoms with van der Waals surface area (Å²) in [5.41, 5.74) is 0.592. The third kappa shape index (κ3) is 3.99. The van der Waals surface area contributed by atoms with Crippen molar-refractivity contribution in [3.05, 3.63) is 23.8 Å². The minimum Gasteiger partial charge on any atom is -0.394 e. The first-order chi connectivity index (χ1) is 8.08. The van der Waals surface area contributed by atoms with E-state index in [1.165, 1.54) is 12.4 Å². The highest BCUT2D eigenvalue weighted by Gasteiger charge is 2.19. The Morgan fingerprint density at radius 2 is 1.71 bits per heavy atom. The number of rotatable bonds is 6. The van der Waals surface area contributed by atoms with Gasteiger partial charge in [0.05, 0.1) is 36.9 Å². The van der Waals surface area contributed by atoms with Crippen molar-refractivity contribution in [2.75, 3.05) is 13.2 Å². The van der Waals surface area contributed by atoms with Crippen LogP contribution in [0.4, 0.5) is 0 Å². The zero-order valence-corrected chi connectivity index (χ0v) is 9.14. The minimum absolute atomic E-state index is 0.133. The smallest absolute Gasteiger partial charge is 0.126 e. The van der Waals surface area contributed by atoms with E-state index >= 15 is 0 Å². The average Bonchev–Trinajstić information content (AvgIpc) is 2.37. The van der Waals surface area contributed by atoms with Crippen LogP contribution in [-0.4, -0.2) is 60.9 Å². The van der Waals surface area contributed by atoms with Gasteiger partial charge < -0.3 is 25.5 Å². The quantitative estimate of drug-likeness (QED) is 0.383. The van der Waals surface area contributed by atoms with Gasteiger partial charge in [-0.05, 0) is 0 Å². The van der Waals surface area contributed by atoms with Gasteiger partial charge >= 0.3 is 0 Å². The van der Waals surface area contributed by atoms with E-state index < -0.39 is 24.9 Å². The first-order valence-corrected chi connectivity index (χ1v) is 5.15. The molecule has 7 nitrogen and oxygen atoms in total. The summed E-state index contributed by atoms with van der Waals surface area (Å²) in [5, 5.41) is 45.2. The van der Waals surface area contributed by atoms with Crippen LogP contribution in [0.3, 0.4) is 0 Å². The topological polar surface area (TPSA) is 127 Å². The van der Waals surface area contributed by atoms with Gasteiger partial charge in [0.25, 0.3) is 0 Å². The molecule has 0 saturated heterocycles. The van der Waals surface area contributed by atoms with Crippen LogP contribution >= 0.6 is 0 Å². The highest BCUT2D eigenvalue weighted by atomic mass is 16.4. The first-order valence-electron chi connectivity index (χ1n) is 5.15. The molecule has 0 aliphatic heterocycles. The van der Waals surface area contributed by atoms with Crippen LogP contribution in [0.2, 0.25) is 0 Å². The summed E-state index contributed by atoms with van der Waals surface area (Å²) in [7, 11) is 0. The standard InChI is InChI=1S/C10H16N2O5/c13-4-7(15)1-6-2-12-8(3-11-6)10(17)9(16)5-14/h2-3,7,9-10,13-17H,1,4-5H2/t7-,9+,10+/m0/s1. The van der Waals surface area contributed by atoms with Gasteiger partial charge in [0, 0.05) is 12.6 Å². The van der Waals surface area contributed by atoms with E-state index in [0.717, 1.165) is 0 Å². The van der Waals surface area contributed by atoms with E-state index in [-0.39, 0.29) is 18.7 Å². The number of hydrogen-bond acceptors (Lipinski definition) is 7. The van der Waals surface area contributed by atoms with Gasteiger partial charge in [-0.15, -0.1) is 0 Å². The fraction of sp³-hybridized carbons (Fsp3) is 0.600. The van der Waals surface area contributed by atoms with Crippen molar-refractivity contribution in [3.63, 3.8) is 0 Å². The average molecular weight is 244 g/mol. The van der Waals surface area contributed by atoms with Crippen molar-refractivity contribution < 1.29 is 25.5 Å². The van der Waals surface area contributed by atoms with Gasteiger partial charge in [-0.25, -0.2) is 0 Å². The lowest BCUT2D eigenvalue weighted by Crippen LogP contribution is -2.23. The zero-order valence-electron chi connectivity index (χ0n) is 9.14. The van der Waals surface area contributed by atoms with Crippen LogP contribution < -0.4 is 0 Å². The minimum atomic E-state index is -1.31. The molecule has 0 aromatic carbocycles. The second-order valence-electron chi connectivity index (χ2n) is 3.67. The largest absolute Gasteiger partial charge is 0.394 e. The fourth-order valence-electron chi connectivity index (χ4n) is 1.23. The van der Waals surface area contributed by atoms with Crippen molar-refractivity contribution in [2.45, 2.75) is 24.7 Å². The maximum absolute atomic E-state index is 9.51. The maximum atomic E-state index is 9.51. The molecular weight excluding hydrogens is 228 g/mol. The van der Waals surface area contributed by atoms with Crippen molar-refractivity contribution in [1.82, 2.24) is 9.97 Å². The van der Waals surface area contributed by atoms with Crippen LogP contribution in [0.15, 0.2) is 12.4 Å². The monoisotopic (exact) mass is 244 g/mol. The molecule has 1 rings (SSSR count). The molecule has 5 N–H and O–H groups in total. The number of aliphatic hydroxyl groups is 5. The number of nitrogens with zero attached hydrogens (tertiary/aromatic N) is 2. The highest BCUT2D eigenvalue weighted by Crippen LogP contribution is 2.13. The van der Waals surface area contributed by atoms with E-state index in [2.05, 4.69) is 9.97 Å². The Morgan fingerprint density at radius 1 is 1.00 bits per heavy atom. The van der Waals surface area contributed by atoms with Crippen molar-refractivity contribution in [3.8, 4) is 0 Å². The molecule has 0 spiro atoms. The van der Waals surface area contributed by atoms with Gasteiger partial charge in [0.1, 0.15) is 12.2 Å². The second-order valence-corrected chi connectivity index (χ2v) is 3.67. The molecule has 17 heavy (non-hydrogen) atoms. The summed E-state index contributed by atoms with van der Waals surface area (Å²) >= 11 is 0. The third-order valence-corrected chi connectivity index (χ3v) is 2.24. The van der Waals surface area contributed by atoms with E-state index in [0.29, 0.717) is 5.69 Å². The Morgan fingerprint density at radius 3 is 2.18 bits per heavy atom. The summed E-state index contributed by atoms with van der Waals surface area (Å²) < 4.78 is 0. The molecule has 7 heteroatoms. The molecule has 1 heterocycles. The summed E-state index contributed by atoms with van der Waals surface area (Å²) in [6, 6.07) is 0. The number of aromatic nitrogens is 2. The first kappa shape index (κ1) is 13.9. The van der Waals surface area contributed by atoms with Crippen LogP contribution in [-0.2, 0) is 6.42 Å². The molecule has 0 aliphatic rings. The lowest BCUT2D eigenvalue weighted by atomic mass is 10.1. The van der Waals surface area contributed by atoms with Crippen LogP contribution in [0, 0.1) is 0 Å². The molecule has 0 amide bonds. The molecule has 0 fully saturated rings. The number of hydrogen-bond donors (Lipinski definition) is 5. The third-order valence-electron chi connectivity index (χ3n) is 2.24. The maximum Gasteiger partial charge on any atom is 0.126 e. The molecule has 1 aromatic rings. The van der Waals surface area contributed by atoms with E-state index in [1.54, 1.807) is 0 Å². The van der Waals surface area contributed by atoms with Crippen molar-refractivity contribution in [2.24, 2.45) is 0 Å². The fourth-order valence-corrected chi connectivity index (χ4v) is 1.23. The van der Waals surface area contributed by atoms with Crippen molar-refractivity contribution >= 4 is 0 Å². The molecule has 0 unspecified atom stereocenters. The molecular formula is C10H16N2O5. The molecule has 0 aliphatic carbocycles. The summed E-state index contributed by atoms with van der Waals surface area (Å²) in [5.74, 6) is 0. The lowest BCUT2D eigenvalue weighted by Gasteiger charge is -2.14. The summed E-state index contributed by atoms with van der Waals surface area (Å²) in [6.45, 7) is -0.941. The predicted octanol–water partition coefficient (Wildman–Crippen LogP) is -2.24. The Bertz CT molecular complexity index is 332. The highest BCUT2D eigenvalue weighted by molar-refractivity contribution is 5.07. The Hall–Kier alpha value is -1.12. The van der Waals surface area contributed by atoms with Gasteiger partial charge in [-0.2, -0.15) is 0 Å². The Balaban J connectivity index is 2.67. The van der Waals surface area contributed by atoms with E-state index in [4.69, 9.17) is 10.2 Å². The molecule has 0 radical (unpaired) electrons. The van der Waals surface area contributed by atoms with Gasteiger partial charge in [-0.3, -0.25) is 9.97 Å². The molecule has 3 atom stereocenters. The lowest BCUT2D eigenvalue weighted by molar-refractivity contribution is -0.0174.